The van der Waals surface area contributed by atoms with Crippen molar-refractivity contribution in [3.05, 3.63) is 35.4 Å². The molecule has 0 aliphatic heterocycles. The van der Waals surface area contributed by atoms with E-state index in [0.717, 1.165) is 17.5 Å². The van der Waals surface area contributed by atoms with Crippen molar-refractivity contribution in [2.45, 2.75) is 24.0 Å². The number of nitrogens with two attached hydrogens (primary N) is 1. The average Bonchev–Trinajstić information content (AvgIpc) is 2.62. The van der Waals surface area contributed by atoms with Crippen molar-refractivity contribution in [1.29, 1.82) is 0 Å². The molecule has 3 N–H and O–H groups in total. The molecule has 0 heterocycles. The molecule has 0 saturated heterocycles. The first-order chi connectivity index (χ1) is 8.47. The third-order valence-electron chi connectivity index (χ3n) is 3.02. The van der Waals surface area contributed by atoms with Crippen molar-refractivity contribution in [1.82, 2.24) is 5.32 Å². The van der Waals surface area contributed by atoms with Gasteiger partial charge in [-0.3, -0.25) is 0 Å². The van der Waals surface area contributed by atoms with Gasteiger partial charge in [0, 0.05) is 24.4 Å². The van der Waals surface area contributed by atoms with Crippen LogP contribution in [0.15, 0.2) is 24.3 Å². The first-order valence-electron chi connectivity index (χ1n) is 5.76. The summed E-state index contributed by atoms with van der Waals surface area (Å²) < 4.78 is 35.9. The maximum absolute atomic E-state index is 12.0. The van der Waals surface area contributed by atoms with E-state index < -0.39 is 5.51 Å². The van der Waals surface area contributed by atoms with E-state index in [0.29, 0.717) is 6.54 Å². The number of fused-ring (bicyclic) bond motifs is 1. The second-order valence-electron chi connectivity index (χ2n) is 4.27. The SMILES string of the molecule is NC1CC(NCCSC(F)(F)F)c2ccccc21. The Morgan fingerprint density at radius 3 is 2.61 bits per heavy atom. The van der Waals surface area contributed by atoms with Crippen molar-refractivity contribution in [2.75, 3.05) is 12.3 Å². The van der Waals surface area contributed by atoms with Crippen molar-refractivity contribution in [3.8, 4) is 0 Å². The van der Waals surface area contributed by atoms with Gasteiger partial charge in [0.2, 0.25) is 0 Å². The fourth-order valence-electron chi connectivity index (χ4n) is 2.27. The van der Waals surface area contributed by atoms with E-state index in [4.69, 9.17) is 5.73 Å². The lowest BCUT2D eigenvalue weighted by atomic mass is 10.1. The Morgan fingerprint density at radius 1 is 1.28 bits per heavy atom. The standard InChI is InChI=1S/C12H15F3N2S/c13-12(14,15)18-6-5-17-11-7-10(16)8-3-1-2-4-9(8)11/h1-4,10-11,17H,5-7,16H2. The van der Waals surface area contributed by atoms with Crippen LogP contribution in [0, 0.1) is 0 Å². The molecular formula is C12H15F3N2S. The molecule has 0 fully saturated rings. The lowest BCUT2D eigenvalue weighted by Crippen LogP contribution is -2.23. The van der Waals surface area contributed by atoms with E-state index in [1.807, 2.05) is 24.3 Å². The van der Waals surface area contributed by atoms with Crippen LogP contribution in [0.5, 0.6) is 0 Å². The minimum atomic E-state index is -4.15. The van der Waals surface area contributed by atoms with Crippen LogP contribution >= 0.6 is 11.8 Å². The first kappa shape index (κ1) is 13.7. The Kier molecular flexibility index (Phi) is 4.19. The van der Waals surface area contributed by atoms with Gasteiger partial charge < -0.3 is 11.1 Å². The van der Waals surface area contributed by atoms with Gasteiger partial charge in [-0.25, -0.2) is 0 Å². The van der Waals surface area contributed by atoms with Gasteiger partial charge in [-0.2, -0.15) is 13.2 Å². The molecule has 2 atom stereocenters. The van der Waals surface area contributed by atoms with Crippen LogP contribution in [0.25, 0.3) is 0 Å². The minimum Gasteiger partial charge on any atom is -0.324 e. The van der Waals surface area contributed by atoms with Gasteiger partial charge in [0.1, 0.15) is 0 Å². The van der Waals surface area contributed by atoms with Gasteiger partial charge in [0.05, 0.1) is 0 Å². The lowest BCUT2D eigenvalue weighted by Gasteiger charge is -2.14. The molecule has 1 aliphatic carbocycles. The van der Waals surface area contributed by atoms with Crippen LogP contribution in [-0.2, 0) is 0 Å². The molecule has 2 unspecified atom stereocenters. The summed E-state index contributed by atoms with van der Waals surface area (Å²) in [5, 5.41) is 3.14. The number of hydrogen-bond donors (Lipinski definition) is 2. The maximum atomic E-state index is 12.0. The molecule has 6 heteroatoms. The van der Waals surface area contributed by atoms with E-state index >= 15 is 0 Å². The van der Waals surface area contributed by atoms with Gasteiger partial charge >= 0.3 is 5.51 Å². The zero-order valence-corrected chi connectivity index (χ0v) is 10.5. The van der Waals surface area contributed by atoms with Crippen LogP contribution in [0.2, 0.25) is 0 Å². The summed E-state index contributed by atoms with van der Waals surface area (Å²) in [7, 11) is 0. The Hall–Kier alpha value is -0.720. The monoisotopic (exact) mass is 276 g/mol. The number of halogens is 3. The smallest absolute Gasteiger partial charge is 0.324 e. The number of alkyl halides is 3. The number of thioether (sulfide) groups is 1. The highest BCUT2D eigenvalue weighted by molar-refractivity contribution is 8.00. The van der Waals surface area contributed by atoms with Crippen LogP contribution < -0.4 is 11.1 Å². The normalized spacial score (nSPS) is 23.1. The van der Waals surface area contributed by atoms with Gasteiger partial charge in [-0.05, 0) is 29.3 Å². The molecule has 1 aromatic carbocycles. The highest BCUT2D eigenvalue weighted by Gasteiger charge is 2.29. The molecule has 0 radical (unpaired) electrons. The topological polar surface area (TPSA) is 38.0 Å². The summed E-state index contributed by atoms with van der Waals surface area (Å²) in [6.07, 6.45) is 0.746. The lowest BCUT2D eigenvalue weighted by molar-refractivity contribution is -0.0327. The molecule has 18 heavy (non-hydrogen) atoms. The second kappa shape index (κ2) is 5.50. The van der Waals surface area contributed by atoms with Gasteiger partial charge in [0.15, 0.2) is 0 Å². The number of rotatable bonds is 4. The third kappa shape index (κ3) is 3.40. The predicted octanol–water partition coefficient (Wildman–Crippen LogP) is 2.97. The van der Waals surface area contributed by atoms with Crippen LogP contribution in [0.1, 0.15) is 29.6 Å². The second-order valence-corrected chi connectivity index (χ2v) is 5.43. The van der Waals surface area contributed by atoms with Crippen LogP contribution in [-0.4, -0.2) is 17.8 Å². The molecule has 0 spiro atoms. The number of benzene rings is 1. The van der Waals surface area contributed by atoms with E-state index in [1.54, 1.807) is 0 Å². The molecule has 2 rings (SSSR count). The number of nitrogens with one attached hydrogen (secondary N) is 1. The predicted molar refractivity (Wildman–Crippen MR) is 67.2 cm³/mol. The van der Waals surface area contributed by atoms with Crippen molar-refractivity contribution in [3.63, 3.8) is 0 Å². The molecule has 1 aromatic rings. The zero-order chi connectivity index (χ0) is 13.2. The Labute approximate surface area is 108 Å². The summed E-state index contributed by atoms with van der Waals surface area (Å²) in [5.74, 6) is 0.0252. The van der Waals surface area contributed by atoms with E-state index in [2.05, 4.69) is 5.32 Å². The van der Waals surface area contributed by atoms with E-state index in [1.165, 1.54) is 0 Å². The van der Waals surface area contributed by atoms with Crippen LogP contribution in [0.4, 0.5) is 13.2 Å². The molecule has 0 aromatic heterocycles. The molecule has 1 aliphatic rings. The van der Waals surface area contributed by atoms with Crippen molar-refractivity contribution in [2.24, 2.45) is 5.73 Å². The quantitative estimate of drug-likeness (QED) is 0.830. The molecule has 0 bridgehead atoms. The Bertz CT molecular complexity index is 409. The summed E-state index contributed by atoms with van der Waals surface area (Å²) in [5.41, 5.74) is 4.05. The van der Waals surface area contributed by atoms with Crippen molar-refractivity contribution < 1.29 is 13.2 Å². The highest BCUT2D eigenvalue weighted by atomic mass is 32.2. The van der Waals surface area contributed by atoms with Gasteiger partial charge in [-0.1, -0.05) is 24.3 Å². The Balaban J connectivity index is 1.85. The van der Waals surface area contributed by atoms with Gasteiger partial charge in [-0.15, -0.1) is 0 Å². The molecule has 0 amide bonds. The third-order valence-corrected chi connectivity index (χ3v) is 3.75. The van der Waals surface area contributed by atoms with Gasteiger partial charge in [0.25, 0.3) is 0 Å². The summed E-state index contributed by atoms with van der Waals surface area (Å²) in [6, 6.07) is 7.87. The van der Waals surface area contributed by atoms with E-state index in [9.17, 15) is 13.2 Å². The molecule has 2 nitrogen and oxygen atoms in total. The summed E-state index contributed by atoms with van der Waals surface area (Å²) >= 11 is 0.00529. The van der Waals surface area contributed by atoms with Crippen LogP contribution in [0.3, 0.4) is 0 Å². The zero-order valence-electron chi connectivity index (χ0n) is 9.70. The minimum absolute atomic E-state index is 0.00529. The summed E-state index contributed by atoms with van der Waals surface area (Å²) in [4.78, 5) is 0. The van der Waals surface area contributed by atoms with E-state index in [-0.39, 0.29) is 29.6 Å². The van der Waals surface area contributed by atoms with Crippen molar-refractivity contribution >= 4 is 11.8 Å². The Morgan fingerprint density at radius 2 is 1.94 bits per heavy atom. The molecular weight excluding hydrogens is 261 g/mol. The molecule has 100 valence electrons. The number of hydrogen-bond acceptors (Lipinski definition) is 3. The highest BCUT2D eigenvalue weighted by Crippen LogP contribution is 2.37. The fourth-order valence-corrected chi connectivity index (χ4v) is 2.72. The maximum Gasteiger partial charge on any atom is 0.441 e. The molecule has 0 saturated carbocycles. The summed E-state index contributed by atoms with van der Waals surface area (Å²) in [6.45, 7) is 0.329. The largest absolute Gasteiger partial charge is 0.441 e. The average molecular weight is 276 g/mol. The first-order valence-corrected chi connectivity index (χ1v) is 6.74. The fraction of sp³-hybridized carbons (Fsp3) is 0.500.